The summed E-state index contributed by atoms with van der Waals surface area (Å²) in [7, 11) is 0. The highest BCUT2D eigenvalue weighted by atomic mass is 16.2. The molecule has 144 valence electrons. The number of amides is 1. The minimum atomic E-state index is -0.191. The molecule has 0 atom stereocenters. The monoisotopic (exact) mass is 374 g/mol. The van der Waals surface area contributed by atoms with Crippen molar-refractivity contribution in [2.45, 2.75) is 13.8 Å². The topological polar surface area (TPSA) is 56.7 Å². The van der Waals surface area contributed by atoms with Crippen LogP contribution in [-0.4, -0.2) is 31.8 Å². The lowest BCUT2D eigenvalue weighted by Crippen LogP contribution is -2.26. The van der Waals surface area contributed by atoms with Crippen LogP contribution in [0, 0.1) is 0 Å². The van der Waals surface area contributed by atoms with E-state index in [0.717, 1.165) is 35.1 Å². The second-order valence-corrected chi connectivity index (χ2v) is 6.44. The van der Waals surface area contributed by atoms with Crippen LogP contribution in [0.1, 0.15) is 19.4 Å². The molecule has 5 heteroatoms. The van der Waals surface area contributed by atoms with E-state index in [1.165, 1.54) is 5.69 Å². The Labute approximate surface area is 166 Å². The number of carbonyl (C=O) groups excluding carboxylic acids is 1. The van der Waals surface area contributed by atoms with Crippen LogP contribution in [0.2, 0.25) is 0 Å². The summed E-state index contributed by atoms with van der Waals surface area (Å²) in [5, 5.41) is 9.46. The van der Waals surface area contributed by atoms with Crippen molar-refractivity contribution in [3.05, 3.63) is 72.3 Å². The van der Waals surface area contributed by atoms with Crippen LogP contribution in [-0.2, 0) is 4.79 Å². The highest BCUT2D eigenvalue weighted by Crippen LogP contribution is 2.22. The summed E-state index contributed by atoms with van der Waals surface area (Å²) >= 11 is 0. The van der Waals surface area contributed by atoms with Crippen molar-refractivity contribution >= 4 is 34.3 Å². The minimum Gasteiger partial charge on any atom is -0.376 e. The summed E-state index contributed by atoms with van der Waals surface area (Å²) in [4.78, 5) is 14.3. The Balaban J connectivity index is 1.52. The predicted octanol–water partition coefficient (Wildman–Crippen LogP) is 4.25. The third-order valence-corrected chi connectivity index (χ3v) is 4.65. The number of benzene rings is 3. The molecule has 3 aromatic carbocycles. The van der Waals surface area contributed by atoms with E-state index >= 15 is 0 Å². The summed E-state index contributed by atoms with van der Waals surface area (Å²) in [6, 6.07) is 22.2. The lowest BCUT2D eigenvalue weighted by atomic mass is 10.1. The van der Waals surface area contributed by atoms with E-state index in [9.17, 15) is 4.79 Å². The number of hydrogen-bond acceptors (Lipinski definition) is 4. The molecule has 0 saturated carbocycles. The van der Waals surface area contributed by atoms with Gasteiger partial charge in [0.25, 0.3) is 5.91 Å². The van der Waals surface area contributed by atoms with Gasteiger partial charge in [0, 0.05) is 29.9 Å². The summed E-state index contributed by atoms with van der Waals surface area (Å²) in [5.41, 5.74) is 5.63. The molecule has 0 heterocycles. The van der Waals surface area contributed by atoms with Crippen molar-refractivity contribution in [2.24, 2.45) is 5.10 Å². The molecule has 0 aliphatic rings. The van der Waals surface area contributed by atoms with Crippen LogP contribution in [0.15, 0.2) is 71.8 Å². The number of carbonyl (C=O) groups is 1. The lowest BCUT2D eigenvalue weighted by Gasteiger charge is -2.20. The van der Waals surface area contributed by atoms with Gasteiger partial charge in [-0.15, -0.1) is 0 Å². The summed E-state index contributed by atoms with van der Waals surface area (Å²) < 4.78 is 0. The Bertz CT molecular complexity index is 941. The summed E-state index contributed by atoms with van der Waals surface area (Å²) in [5.74, 6) is -0.191. The molecule has 0 saturated heterocycles. The number of nitrogens with zero attached hydrogens (tertiary/aromatic N) is 2. The molecule has 5 nitrogen and oxygen atoms in total. The van der Waals surface area contributed by atoms with Gasteiger partial charge in [-0.05, 0) is 43.0 Å². The van der Waals surface area contributed by atoms with Gasteiger partial charge >= 0.3 is 0 Å². The van der Waals surface area contributed by atoms with Gasteiger partial charge in [0.1, 0.15) is 0 Å². The second-order valence-electron chi connectivity index (χ2n) is 6.44. The molecule has 1 amide bonds. The molecule has 0 unspecified atom stereocenters. The molecule has 2 N–H and O–H groups in total. The van der Waals surface area contributed by atoms with E-state index in [4.69, 9.17) is 0 Å². The molecule has 3 aromatic rings. The maximum atomic E-state index is 12.1. The van der Waals surface area contributed by atoms with Crippen molar-refractivity contribution in [3.8, 4) is 0 Å². The van der Waals surface area contributed by atoms with Crippen LogP contribution >= 0.6 is 0 Å². The highest BCUT2D eigenvalue weighted by Gasteiger charge is 2.03. The fourth-order valence-electron chi connectivity index (χ4n) is 3.13. The van der Waals surface area contributed by atoms with Crippen LogP contribution in [0.25, 0.3) is 10.8 Å². The van der Waals surface area contributed by atoms with Crippen molar-refractivity contribution < 1.29 is 4.79 Å². The molecule has 0 spiro atoms. The first-order valence-electron chi connectivity index (χ1n) is 9.59. The number of rotatable bonds is 8. The average Bonchev–Trinajstić information content (AvgIpc) is 2.74. The number of fused-ring (bicyclic) bond motifs is 1. The Morgan fingerprint density at radius 1 is 0.964 bits per heavy atom. The van der Waals surface area contributed by atoms with Gasteiger partial charge in [-0.3, -0.25) is 4.79 Å². The van der Waals surface area contributed by atoms with Gasteiger partial charge < -0.3 is 10.2 Å². The average molecular weight is 374 g/mol. The van der Waals surface area contributed by atoms with E-state index in [-0.39, 0.29) is 12.5 Å². The van der Waals surface area contributed by atoms with Crippen LogP contribution in [0.4, 0.5) is 11.4 Å². The first-order chi connectivity index (χ1) is 13.7. The first kappa shape index (κ1) is 19.4. The molecular formula is C23H26N4O. The maximum Gasteiger partial charge on any atom is 0.259 e. The second kappa shape index (κ2) is 9.55. The van der Waals surface area contributed by atoms with Crippen molar-refractivity contribution in [2.75, 3.05) is 29.9 Å². The minimum absolute atomic E-state index is 0.159. The zero-order valence-corrected chi connectivity index (χ0v) is 16.4. The van der Waals surface area contributed by atoms with E-state index in [0.29, 0.717) is 0 Å². The van der Waals surface area contributed by atoms with Crippen LogP contribution in [0.3, 0.4) is 0 Å². The van der Waals surface area contributed by atoms with E-state index in [2.05, 4.69) is 58.9 Å². The van der Waals surface area contributed by atoms with Crippen molar-refractivity contribution in [1.29, 1.82) is 0 Å². The first-order valence-corrected chi connectivity index (χ1v) is 9.59. The van der Waals surface area contributed by atoms with Gasteiger partial charge in [0.15, 0.2) is 0 Å². The standard InChI is InChI=1S/C23H26N4O/c1-3-27(4-2)20-14-12-18(13-15-20)16-25-26-23(28)17-24-22-11-7-9-19-8-5-6-10-21(19)22/h5-16,24H,3-4,17H2,1-2H3,(H,26,28)/b25-16-. The van der Waals surface area contributed by atoms with Crippen LogP contribution < -0.4 is 15.6 Å². The Kier molecular flexibility index (Phi) is 6.63. The van der Waals surface area contributed by atoms with Crippen molar-refractivity contribution in [1.82, 2.24) is 5.43 Å². The van der Waals surface area contributed by atoms with Gasteiger partial charge in [0.2, 0.25) is 0 Å². The number of hydrazone groups is 1. The lowest BCUT2D eigenvalue weighted by molar-refractivity contribution is -0.119. The quantitative estimate of drug-likeness (QED) is 0.458. The Morgan fingerprint density at radius 3 is 2.43 bits per heavy atom. The molecule has 3 rings (SSSR count). The third-order valence-electron chi connectivity index (χ3n) is 4.65. The van der Waals surface area contributed by atoms with Gasteiger partial charge in [0.05, 0.1) is 12.8 Å². The van der Waals surface area contributed by atoms with Crippen LogP contribution in [0.5, 0.6) is 0 Å². The van der Waals surface area contributed by atoms with E-state index in [1.54, 1.807) is 6.21 Å². The Morgan fingerprint density at radius 2 is 1.68 bits per heavy atom. The van der Waals surface area contributed by atoms with E-state index < -0.39 is 0 Å². The molecule has 0 radical (unpaired) electrons. The normalized spacial score (nSPS) is 10.9. The number of anilines is 2. The molecule has 0 aliphatic heterocycles. The fraction of sp³-hybridized carbons (Fsp3) is 0.217. The zero-order chi connectivity index (χ0) is 19.8. The zero-order valence-electron chi connectivity index (χ0n) is 16.4. The Hall–Kier alpha value is -3.34. The summed E-state index contributed by atoms with van der Waals surface area (Å²) in [6.45, 7) is 6.39. The maximum absolute atomic E-state index is 12.1. The van der Waals surface area contributed by atoms with Gasteiger partial charge in [-0.1, -0.05) is 48.5 Å². The number of hydrogen-bond donors (Lipinski definition) is 2. The fourth-order valence-corrected chi connectivity index (χ4v) is 3.13. The molecule has 28 heavy (non-hydrogen) atoms. The molecule has 0 bridgehead atoms. The summed E-state index contributed by atoms with van der Waals surface area (Å²) in [6.07, 6.45) is 1.65. The largest absolute Gasteiger partial charge is 0.376 e. The smallest absolute Gasteiger partial charge is 0.259 e. The highest BCUT2D eigenvalue weighted by molar-refractivity contribution is 5.95. The van der Waals surface area contributed by atoms with Gasteiger partial charge in [-0.25, -0.2) is 5.43 Å². The van der Waals surface area contributed by atoms with Crippen molar-refractivity contribution in [3.63, 3.8) is 0 Å². The molecular weight excluding hydrogens is 348 g/mol. The molecule has 0 fully saturated rings. The molecule has 0 aromatic heterocycles. The third kappa shape index (κ3) is 4.88. The number of nitrogens with one attached hydrogen (secondary N) is 2. The van der Waals surface area contributed by atoms with E-state index in [1.807, 2.05) is 42.5 Å². The SMILES string of the molecule is CCN(CC)c1ccc(/C=N\NC(=O)CNc2cccc3ccccc23)cc1. The predicted molar refractivity (Wildman–Crippen MR) is 118 cm³/mol. The molecule has 0 aliphatic carbocycles. The van der Waals surface area contributed by atoms with Gasteiger partial charge in [-0.2, -0.15) is 5.10 Å².